The molecule has 0 aliphatic rings. The molecule has 8 heteroatoms. The number of halogens is 1. The molecule has 0 atom stereocenters. The van der Waals surface area contributed by atoms with Crippen molar-refractivity contribution < 1.29 is 60.6 Å². The van der Waals surface area contributed by atoms with Crippen molar-refractivity contribution in [2.75, 3.05) is 25.7 Å². The zero-order valence-electron chi connectivity index (χ0n) is 18.4. The van der Waals surface area contributed by atoms with E-state index < -0.39 is 11.9 Å². The molecule has 0 bridgehead atoms. The molecule has 0 unspecified atom stereocenters. The number of benzene rings is 2. The summed E-state index contributed by atoms with van der Waals surface area (Å²) >= 11 is 4.74. The van der Waals surface area contributed by atoms with Crippen LogP contribution in [0.3, 0.4) is 0 Å². The predicted octanol–water partition coefficient (Wildman–Crippen LogP) is 0.758. The van der Waals surface area contributed by atoms with Crippen LogP contribution in [0, 0.1) is 0 Å². The van der Waals surface area contributed by atoms with Crippen molar-refractivity contribution in [2.45, 2.75) is 25.7 Å². The number of carboxylic acid groups (broad SMARTS) is 2. The molecule has 0 spiro atoms. The maximum Gasteiger partial charge on any atom is 1.00 e. The number of aliphatic hydroxyl groups is 1. The SMILES string of the molecule is O=C(O)CCl.O=C(O)COCCCc1ccccc1.OCCCc1ccccc1.[H-].[Na+]. The fourth-order valence-corrected chi connectivity index (χ4v) is 2.11. The Balaban J connectivity index is -0.000000407. The first-order chi connectivity index (χ1) is 14.0. The van der Waals surface area contributed by atoms with Crippen LogP contribution >= 0.6 is 11.6 Å². The van der Waals surface area contributed by atoms with Gasteiger partial charge >= 0.3 is 41.5 Å². The maximum atomic E-state index is 10.1. The van der Waals surface area contributed by atoms with Gasteiger partial charge in [0.25, 0.3) is 0 Å². The first-order valence-electron chi connectivity index (χ1n) is 9.25. The second-order valence-electron chi connectivity index (χ2n) is 5.88. The van der Waals surface area contributed by atoms with Gasteiger partial charge in [0.05, 0.1) is 0 Å². The predicted molar refractivity (Wildman–Crippen MR) is 115 cm³/mol. The van der Waals surface area contributed by atoms with Gasteiger partial charge < -0.3 is 21.5 Å². The minimum atomic E-state index is -0.980. The number of carbonyl (C=O) groups is 2. The molecule has 0 radical (unpaired) electrons. The van der Waals surface area contributed by atoms with E-state index in [1.165, 1.54) is 11.1 Å². The zero-order valence-corrected chi connectivity index (χ0v) is 20.1. The number of alkyl halides is 1. The summed E-state index contributed by atoms with van der Waals surface area (Å²) in [6.45, 7) is 0.588. The summed E-state index contributed by atoms with van der Waals surface area (Å²) in [5, 5.41) is 24.4. The van der Waals surface area contributed by atoms with Gasteiger partial charge in [-0.05, 0) is 36.8 Å². The van der Waals surface area contributed by atoms with Crippen LogP contribution < -0.4 is 29.6 Å². The molecule has 0 aliphatic carbocycles. The van der Waals surface area contributed by atoms with E-state index in [9.17, 15) is 9.59 Å². The van der Waals surface area contributed by atoms with Crippen molar-refractivity contribution in [2.24, 2.45) is 0 Å². The van der Waals surface area contributed by atoms with Crippen LogP contribution in [0.4, 0.5) is 0 Å². The average molecular weight is 449 g/mol. The summed E-state index contributed by atoms with van der Waals surface area (Å²) in [4.78, 5) is 19.3. The molecule has 2 rings (SSSR count). The number of aliphatic carboxylic acids is 2. The third-order valence-electron chi connectivity index (χ3n) is 3.40. The van der Waals surface area contributed by atoms with Gasteiger partial charge in [-0.15, -0.1) is 11.6 Å². The molecule has 0 heterocycles. The van der Waals surface area contributed by atoms with Crippen molar-refractivity contribution in [1.29, 1.82) is 0 Å². The largest absolute Gasteiger partial charge is 1.00 e. The first kappa shape index (κ1) is 30.8. The van der Waals surface area contributed by atoms with Gasteiger partial charge in [0.15, 0.2) is 0 Å². The molecule has 2 aromatic carbocycles. The quantitative estimate of drug-likeness (QED) is 0.281. The Morgan fingerprint density at radius 1 is 0.833 bits per heavy atom. The Kier molecular flexibility index (Phi) is 22.9. The van der Waals surface area contributed by atoms with Gasteiger partial charge in [-0.3, -0.25) is 4.79 Å². The van der Waals surface area contributed by atoms with Crippen molar-refractivity contribution in [3.05, 3.63) is 71.8 Å². The second kappa shape index (κ2) is 22.3. The molecule has 0 saturated heterocycles. The first-order valence-corrected chi connectivity index (χ1v) is 9.79. The van der Waals surface area contributed by atoms with E-state index >= 15 is 0 Å². The summed E-state index contributed by atoms with van der Waals surface area (Å²) in [6, 6.07) is 20.3. The number of hydrogen-bond donors (Lipinski definition) is 3. The topological polar surface area (TPSA) is 104 Å². The Bertz CT molecular complexity index is 662. The molecular weight excluding hydrogens is 419 g/mol. The molecular formula is C22H30ClNaO6. The van der Waals surface area contributed by atoms with Gasteiger partial charge in [0.2, 0.25) is 0 Å². The minimum absolute atomic E-state index is 0. The molecule has 162 valence electrons. The normalized spacial score (nSPS) is 9.13. The summed E-state index contributed by atoms with van der Waals surface area (Å²) in [6.07, 6.45) is 3.64. The number of carboxylic acids is 2. The molecule has 30 heavy (non-hydrogen) atoms. The van der Waals surface area contributed by atoms with E-state index in [1.54, 1.807) is 0 Å². The van der Waals surface area contributed by atoms with E-state index in [4.69, 9.17) is 31.7 Å². The summed E-state index contributed by atoms with van der Waals surface area (Å²) in [5.41, 5.74) is 2.56. The third kappa shape index (κ3) is 21.3. The van der Waals surface area contributed by atoms with Crippen LogP contribution in [0.1, 0.15) is 25.4 Å². The third-order valence-corrected chi connectivity index (χ3v) is 3.63. The number of rotatable bonds is 10. The summed E-state index contributed by atoms with van der Waals surface area (Å²) in [5.74, 6) is -2.20. The summed E-state index contributed by atoms with van der Waals surface area (Å²) in [7, 11) is 0. The number of aliphatic hydroxyl groups excluding tert-OH is 1. The zero-order chi connectivity index (χ0) is 21.7. The van der Waals surface area contributed by atoms with E-state index in [0.29, 0.717) is 6.61 Å². The fourth-order valence-electron chi connectivity index (χ4n) is 2.11. The Morgan fingerprint density at radius 2 is 1.27 bits per heavy atom. The molecule has 0 aromatic heterocycles. The smallest absolute Gasteiger partial charge is 1.00 e. The summed E-state index contributed by atoms with van der Waals surface area (Å²) < 4.78 is 4.92. The second-order valence-corrected chi connectivity index (χ2v) is 6.14. The fraction of sp³-hybridized carbons (Fsp3) is 0.364. The van der Waals surface area contributed by atoms with Crippen LogP contribution in [0.2, 0.25) is 0 Å². The van der Waals surface area contributed by atoms with Crippen molar-refractivity contribution in [3.8, 4) is 0 Å². The van der Waals surface area contributed by atoms with E-state index in [-0.39, 0.29) is 50.1 Å². The minimum Gasteiger partial charge on any atom is -1.00 e. The molecule has 6 nitrogen and oxygen atoms in total. The van der Waals surface area contributed by atoms with Gasteiger partial charge in [0, 0.05) is 13.2 Å². The Hall–Kier alpha value is -1.41. The van der Waals surface area contributed by atoms with Crippen molar-refractivity contribution in [3.63, 3.8) is 0 Å². The Morgan fingerprint density at radius 3 is 1.63 bits per heavy atom. The standard InChI is InChI=1S/C11H14O3.C9H12O.C2H3ClO2.Na.H/c12-11(13)9-14-8-4-7-10-5-2-1-3-6-10;10-8-4-7-9-5-2-1-3-6-9;3-1-2(4)5;;/h1-3,5-6H,4,7-9H2,(H,12,13);1-3,5-6,10H,4,7-8H2;1H2,(H,4,5);;/q;;;+1;-1. The van der Waals surface area contributed by atoms with E-state index in [1.807, 2.05) is 36.4 Å². The molecule has 0 fully saturated rings. The molecule has 0 amide bonds. The van der Waals surface area contributed by atoms with Crippen LogP contribution in [-0.2, 0) is 27.2 Å². The number of aryl methyl sites for hydroxylation is 2. The molecule has 0 saturated carbocycles. The van der Waals surface area contributed by atoms with Gasteiger partial charge in [-0.25, -0.2) is 4.79 Å². The number of hydrogen-bond acceptors (Lipinski definition) is 4. The van der Waals surface area contributed by atoms with Crippen molar-refractivity contribution in [1.82, 2.24) is 0 Å². The van der Waals surface area contributed by atoms with E-state index in [0.717, 1.165) is 25.7 Å². The Labute approximate surface area is 206 Å². The van der Waals surface area contributed by atoms with Crippen LogP contribution in [0.25, 0.3) is 0 Å². The molecule has 0 aliphatic heterocycles. The molecule has 2 aromatic rings. The van der Waals surface area contributed by atoms with Crippen LogP contribution in [-0.4, -0.2) is 53.0 Å². The average Bonchev–Trinajstić information content (AvgIpc) is 2.74. The van der Waals surface area contributed by atoms with Crippen molar-refractivity contribution >= 4 is 23.5 Å². The maximum absolute atomic E-state index is 10.1. The van der Waals surface area contributed by atoms with Crippen LogP contribution in [0.5, 0.6) is 0 Å². The monoisotopic (exact) mass is 448 g/mol. The van der Waals surface area contributed by atoms with Gasteiger partial charge in [0.1, 0.15) is 12.5 Å². The van der Waals surface area contributed by atoms with E-state index in [2.05, 4.69) is 24.3 Å². The van der Waals surface area contributed by atoms with Crippen LogP contribution in [0.15, 0.2) is 60.7 Å². The van der Waals surface area contributed by atoms with Gasteiger partial charge in [-0.1, -0.05) is 60.7 Å². The number of ether oxygens (including phenoxy) is 1. The van der Waals surface area contributed by atoms with Gasteiger partial charge in [-0.2, -0.15) is 0 Å². The molecule has 3 N–H and O–H groups in total.